The van der Waals surface area contributed by atoms with E-state index in [1.54, 1.807) is 21.6 Å². The van der Waals surface area contributed by atoms with Crippen LogP contribution in [-0.4, -0.2) is 347 Å². The van der Waals surface area contributed by atoms with Crippen molar-refractivity contribution in [3.63, 3.8) is 0 Å². The molecule has 0 saturated carbocycles. The van der Waals surface area contributed by atoms with Crippen molar-refractivity contribution < 1.29 is 211 Å². The van der Waals surface area contributed by atoms with Crippen molar-refractivity contribution in [1.82, 2.24) is 0 Å². The summed E-state index contributed by atoms with van der Waals surface area (Å²) >= 11 is 3.70. The molecule has 674 valence electrons. The Labute approximate surface area is 706 Å². The fourth-order valence-electron chi connectivity index (χ4n) is 5.21. The zero-order valence-corrected chi connectivity index (χ0v) is 70.3. The van der Waals surface area contributed by atoms with Gasteiger partial charge in [-0.05, 0) is 62.1 Å². The van der Waals surface area contributed by atoms with Crippen molar-refractivity contribution in [3.05, 3.63) is 24.3 Å². The second kappa shape index (κ2) is 90.6. The molecule has 117 heavy (non-hydrogen) atoms. The van der Waals surface area contributed by atoms with E-state index < -0.39 is 121 Å². The van der Waals surface area contributed by atoms with Crippen molar-refractivity contribution in [3.8, 4) is 11.5 Å². The average Bonchev–Trinajstić information content (AvgIpc) is 1.84. The van der Waals surface area contributed by atoms with Gasteiger partial charge in [0.05, 0.1) is 82.9 Å². The number of thioether (sulfide) groups is 3. The molecule has 0 aliphatic carbocycles. The summed E-state index contributed by atoms with van der Waals surface area (Å²) in [4.78, 5) is 179. The first-order chi connectivity index (χ1) is 55.0. The second-order valence-electron chi connectivity index (χ2n) is 21.1. The second-order valence-corrected chi connectivity index (χ2v) is 32.4. The number of ether oxygens (including phenoxy) is 7. The monoisotopic (exact) mass is 1860 g/mol. The zero-order valence-electron chi connectivity index (χ0n) is 63.0. The van der Waals surface area contributed by atoms with Crippen LogP contribution >= 0.6 is 100 Å². The summed E-state index contributed by atoms with van der Waals surface area (Å²) in [7, 11) is 8.06. The van der Waals surface area contributed by atoms with Gasteiger partial charge in [0.2, 0.25) is 0 Å². The van der Waals surface area contributed by atoms with E-state index in [1.807, 2.05) is 24.3 Å². The molecule has 18 N–H and O–H groups in total. The number of hydrogen-bond donors (Lipinski definition) is 18. The van der Waals surface area contributed by atoms with Gasteiger partial charge in [-0.25, -0.2) is 9.59 Å². The van der Waals surface area contributed by atoms with Crippen LogP contribution in [-0.2, 0) is 110 Å². The topological polar surface area (TPSA) is 743 Å². The molecule has 1 aromatic carbocycles. The van der Waals surface area contributed by atoms with Crippen LogP contribution < -0.4 is 9.47 Å². The number of epoxide rings is 2. The van der Waals surface area contributed by atoms with E-state index in [2.05, 4.69) is 4.74 Å². The molecule has 0 amide bonds. The lowest BCUT2D eigenvalue weighted by Crippen LogP contribution is -2.13. The Morgan fingerprint density at radius 2 is 0.504 bits per heavy atom. The Kier molecular flexibility index (Phi) is 94.8. The molecule has 0 bridgehead atoms. The average molecular weight is 1860 g/mol. The van der Waals surface area contributed by atoms with Gasteiger partial charge in [-0.1, -0.05) is 64.8 Å². The predicted octanol–water partition coefficient (Wildman–Crippen LogP) is 6.67. The van der Waals surface area contributed by atoms with E-state index in [1.165, 1.54) is 45.1 Å². The maximum atomic E-state index is 10.1. The molecule has 2 heterocycles. The summed E-state index contributed by atoms with van der Waals surface area (Å²) in [6, 6.07) is 7.63. The van der Waals surface area contributed by atoms with Gasteiger partial charge >= 0.3 is 107 Å². The van der Waals surface area contributed by atoms with Gasteiger partial charge < -0.3 is 125 Å². The van der Waals surface area contributed by atoms with Crippen LogP contribution in [0, 0.1) is 0 Å². The molecule has 0 radical (unpaired) electrons. The fraction of sp³-hybridized carbons (Fsp3) is 0.631. The molecule has 2 aliphatic heterocycles. The van der Waals surface area contributed by atoms with Gasteiger partial charge in [-0.2, -0.15) is 23.5 Å². The Morgan fingerprint density at radius 3 is 0.769 bits per heavy atom. The van der Waals surface area contributed by atoms with Crippen molar-refractivity contribution in [2.24, 2.45) is 0 Å². The molecular weight excluding hydrogens is 1760 g/mol. The molecule has 52 heteroatoms. The smallest absolute Gasteiger partial charge is 0.329 e. The molecule has 2 fully saturated rings. The molecule has 0 aromatic heterocycles. The normalized spacial score (nSPS) is 11.8. The lowest BCUT2D eigenvalue weighted by atomic mass is 10.3. The SMILES string of the molecule is O=C(O)CCCOCCCC(=O)O.O=C(O)CCCSCCC(=O)O.O=C(O)CCCSSCCCC(=O)O.O=C(O)CCOCCC(=O)O.O=C(O)CCSCCC(=O)O.O=C(O)CCSSCCC(=O)O.O=C(O)COCC(=O)O.O=C(O)CSCC(=O)O.O=C(O)CSSCC(=O)O.c1cc(OCC2CO2)ccc1OCC1CO1. The number of hydrogen-bond acceptors (Lipinski definition) is 34. The highest BCUT2D eigenvalue weighted by Gasteiger charge is 2.24. The molecule has 0 spiro atoms. The van der Waals surface area contributed by atoms with Gasteiger partial charge in [0, 0.05) is 85.6 Å². The lowest BCUT2D eigenvalue weighted by Gasteiger charge is -2.06. The van der Waals surface area contributed by atoms with Crippen LogP contribution in [0.1, 0.15) is 109 Å². The molecule has 1 aromatic rings. The molecule has 43 nitrogen and oxygen atoms in total. The predicted molar refractivity (Wildman–Crippen MR) is 432 cm³/mol. The first kappa shape index (κ1) is 122. The summed E-state index contributed by atoms with van der Waals surface area (Å²) in [6.07, 6.45) is 4.72. The highest BCUT2D eigenvalue weighted by atomic mass is 33.1. The molecule has 2 atom stereocenters. The van der Waals surface area contributed by atoms with Crippen molar-refractivity contribution in [1.29, 1.82) is 0 Å². The summed E-state index contributed by atoms with van der Waals surface area (Å²) < 4.78 is 35.0. The summed E-state index contributed by atoms with van der Waals surface area (Å²) in [5.74, 6) is -9.94. The molecular formula is C65H102O43S9. The minimum Gasteiger partial charge on any atom is -0.491 e. The number of aliphatic carboxylic acids is 18. The van der Waals surface area contributed by atoms with Crippen molar-refractivity contribution >= 4 is 207 Å². The first-order valence-corrected chi connectivity index (χ1v) is 44.7. The quantitative estimate of drug-likeness (QED) is 0.0184. The van der Waals surface area contributed by atoms with E-state index in [9.17, 15) is 86.3 Å². The summed E-state index contributed by atoms with van der Waals surface area (Å²) in [6.45, 7) is 2.69. The number of carboxylic acids is 18. The highest BCUT2D eigenvalue weighted by Crippen LogP contribution is 2.25. The standard InChI is InChI=1S/C12H14O4.C8H14O5.C8H14O4S2.C7H12O4S.C6H10O5.C6H10O4S2.C6H10O4S.C4H6O5.C4H6O4S2.C4H6O4S/c1-2-10(14-6-12-8-16-12)4-3-9(1)13-5-11-7-15-11;9-7(10)3-1-5-13-6-2-4-8(11)12;9-7(10)3-1-5-13-14-6-2-4-8(11)12;8-6(9)2-1-4-12-5-3-7(10)11;7-5(8)1-3-11-4-2-6(9)10;7-5(8)1-3-11-12-4-2-6(9)10;7-5(8)1-3-11-4-2-6(9)10;5-3(6)1-9-2-4(7)8;5-3(6)1-9-10-2-4(7)8;5-3(6)1-9-2-4(7)8/h1-4,11-12H,5-8H2;1-6H2,(H,9,10)(H,11,12);1-6H2,(H,9,10)(H,11,12);1-5H2,(H,8,9)(H,10,11);1-4H2,(H,7,8)(H,9,10);1-4H2,(H,7,8)(H,9,10);1-4H2,(H,7,8)(H,9,10);1-2H2,(H,5,6)(H,7,8);1-2H2,(H,5,6)(H,7,8);1-2H2,(H,5,6)(H,7,8). The fourth-order valence-corrected chi connectivity index (χ4v) is 13.0. The first-order valence-electron chi connectivity index (χ1n) is 33.7. The minimum atomic E-state index is -1.17. The van der Waals surface area contributed by atoms with E-state index in [0.29, 0.717) is 99.5 Å². The molecule has 3 rings (SSSR count). The van der Waals surface area contributed by atoms with Crippen LogP contribution in [0.3, 0.4) is 0 Å². The van der Waals surface area contributed by atoms with Gasteiger partial charge in [-0.15, -0.1) is 11.8 Å². The maximum Gasteiger partial charge on any atom is 0.329 e. The van der Waals surface area contributed by atoms with E-state index in [-0.39, 0.29) is 113 Å². The van der Waals surface area contributed by atoms with Crippen LogP contribution in [0.2, 0.25) is 0 Å². The Hall–Kier alpha value is -7.77. The molecule has 2 unspecified atom stereocenters. The largest absolute Gasteiger partial charge is 0.491 e. The van der Waals surface area contributed by atoms with Crippen LogP contribution in [0.4, 0.5) is 0 Å². The van der Waals surface area contributed by atoms with E-state index in [4.69, 9.17) is 120 Å². The lowest BCUT2D eigenvalue weighted by molar-refractivity contribution is -0.149. The third kappa shape index (κ3) is 144. The van der Waals surface area contributed by atoms with Crippen LogP contribution in [0.25, 0.3) is 0 Å². The minimum absolute atomic E-state index is 0.0576. The third-order valence-corrected chi connectivity index (χ3v) is 20.4. The Bertz CT molecular complexity index is 2640. The third-order valence-electron chi connectivity index (χ3n) is 10.4. The van der Waals surface area contributed by atoms with Crippen LogP contribution in [0.5, 0.6) is 11.5 Å². The van der Waals surface area contributed by atoms with Gasteiger partial charge in [0.1, 0.15) is 61.6 Å². The number of carboxylic acid groups (broad SMARTS) is 18. The van der Waals surface area contributed by atoms with E-state index >= 15 is 0 Å². The maximum absolute atomic E-state index is 10.1. The molecule has 2 aliphatic rings. The zero-order chi connectivity index (χ0) is 90.4. The number of rotatable bonds is 62. The van der Waals surface area contributed by atoms with Gasteiger partial charge in [0.15, 0.2) is 0 Å². The van der Waals surface area contributed by atoms with Crippen LogP contribution in [0.15, 0.2) is 24.3 Å². The summed E-state index contributed by atoms with van der Waals surface area (Å²) in [5.41, 5.74) is 0. The van der Waals surface area contributed by atoms with Crippen molar-refractivity contribution in [2.45, 2.75) is 121 Å². The Balaban J connectivity index is -0.000000231. The Morgan fingerprint density at radius 1 is 0.256 bits per heavy atom. The van der Waals surface area contributed by atoms with Gasteiger partial charge in [-0.3, -0.25) is 76.7 Å². The number of carbonyl (C=O) groups is 18. The van der Waals surface area contributed by atoms with Crippen molar-refractivity contribution in [2.75, 3.05) is 135 Å². The number of benzene rings is 1. The highest BCUT2D eigenvalue weighted by molar-refractivity contribution is 8.77. The van der Waals surface area contributed by atoms with E-state index in [0.717, 1.165) is 75.3 Å². The van der Waals surface area contributed by atoms with Gasteiger partial charge in [0.25, 0.3) is 0 Å². The molecule has 2 saturated heterocycles. The summed E-state index contributed by atoms with van der Waals surface area (Å²) in [5, 5.41) is 147.